The molecule has 0 aliphatic heterocycles. The van der Waals surface area contributed by atoms with E-state index < -0.39 is 0 Å². The minimum atomic E-state index is 1.10. The van der Waals surface area contributed by atoms with Gasteiger partial charge in [0, 0.05) is 34.1 Å². The highest BCUT2D eigenvalue weighted by molar-refractivity contribution is 6.19. The Labute approximate surface area is 522 Å². The van der Waals surface area contributed by atoms with Gasteiger partial charge in [-0.2, -0.15) is 0 Å². The minimum absolute atomic E-state index is 1.10. The number of fused-ring (bicyclic) bond motifs is 5. The molecule has 0 heterocycles. The maximum absolute atomic E-state index is 2.39. The maximum atomic E-state index is 2.39. The van der Waals surface area contributed by atoms with E-state index >= 15 is 0 Å². The lowest BCUT2D eigenvalue weighted by Crippen LogP contribution is -2.09. The van der Waals surface area contributed by atoms with Crippen molar-refractivity contribution in [3.05, 3.63) is 373 Å². The molecule has 2 heteroatoms. The first-order chi connectivity index (χ1) is 44.1. The predicted octanol–water partition coefficient (Wildman–Crippen LogP) is 24.6. The number of benzene rings is 14. The highest BCUT2D eigenvalue weighted by Gasteiger charge is 2.18. The molecule has 2 nitrogen and oxygen atoms in total. The number of hydrogen-bond acceptors (Lipinski definition) is 2. The van der Waals surface area contributed by atoms with Gasteiger partial charge < -0.3 is 9.80 Å². The molecule has 0 aromatic heterocycles. The number of allylic oxidation sites excluding steroid dienone is 5. The maximum Gasteiger partial charge on any atom is 0.0462 e. The Balaban J connectivity index is 0.891. The van der Waals surface area contributed by atoms with Gasteiger partial charge in [-0.3, -0.25) is 0 Å². The molecule has 0 aliphatic rings. The van der Waals surface area contributed by atoms with Crippen LogP contribution in [0.25, 0.3) is 101 Å². The summed E-state index contributed by atoms with van der Waals surface area (Å²) in [4.78, 5) is 4.60. The van der Waals surface area contributed by atoms with E-state index in [1.54, 1.807) is 0 Å². The molecule has 89 heavy (non-hydrogen) atoms. The third kappa shape index (κ3) is 12.0. The first kappa shape index (κ1) is 55.3. The third-order valence-corrected chi connectivity index (χ3v) is 16.7. The second-order valence-electron chi connectivity index (χ2n) is 22.4. The van der Waals surface area contributed by atoms with E-state index in [9.17, 15) is 0 Å². The van der Waals surface area contributed by atoms with E-state index in [-0.39, 0.29) is 0 Å². The number of para-hydroxylation sites is 4. The standard InChI is InChI=1S/C87H64N2/c1-2-20-67(74-51-47-68-21-15-17-23-72(68)61-74)25-19-34-83-82-57-43-65(37-35-63-39-53-80(54-40-63)88(76-26-7-3-8-27-76)77-28-9-4-10-29-77)59-85(82)86-60-66(38-36-64-41-55-81(56-42-64)89(78-30-11-5-12-31-78)79-32-13-6-14-33-79)44-58-84(86)87(83)71-49-45-70(46-50-71)75-52-48-69-22-16-18-24-73(69)62-75/h2-62H,1H3/b20-2-,34-19+,37-35+,38-36+,67-25+. The van der Waals surface area contributed by atoms with E-state index in [1.165, 1.54) is 65.3 Å². The molecule has 0 aliphatic carbocycles. The molecule has 0 radical (unpaired) electrons. The van der Waals surface area contributed by atoms with Crippen molar-refractivity contribution < 1.29 is 0 Å². The van der Waals surface area contributed by atoms with Crippen molar-refractivity contribution >= 4 is 113 Å². The number of anilines is 6. The number of hydrogen-bond donors (Lipinski definition) is 0. The fourth-order valence-corrected chi connectivity index (χ4v) is 12.3. The van der Waals surface area contributed by atoms with Crippen molar-refractivity contribution in [1.82, 2.24) is 0 Å². The zero-order valence-electron chi connectivity index (χ0n) is 49.6. The highest BCUT2D eigenvalue weighted by atomic mass is 15.1. The average Bonchev–Trinajstić information content (AvgIpc) is 3.09. The topological polar surface area (TPSA) is 6.48 Å². The van der Waals surface area contributed by atoms with Crippen LogP contribution < -0.4 is 9.80 Å². The summed E-state index contributed by atoms with van der Waals surface area (Å²) in [6.07, 6.45) is 20.1. The molecule has 422 valence electrons. The van der Waals surface area contributed by atoms with Gasteiger partial charge in [0.25, 0.3) is 0 Å². The number of rotatable bonds is 16. The van der Waals surface area contributed by atoms with Crippen LogP contribution >= 0.6 is 0 Å². The van der Waals surface area contributed by atoms with Crippen LogP contribution in [0.3, 0.4) is 0 Å². The Morgan fingerprint density at radius 2 is 0.674 bits per heavy atom. The van der Waals surface area contributed by atoms with Crippen molar-refractivity contribution in [2.75, 3.05) is 9.80 Å². The number of nitrogens with zero attached hydrogens (tertiary/aromatic N) is 2. The lowest BCUT2D eigenvalue weighted by molar-refractivity contribution is 1.28. The van der Waals surface area contributed by atoms with Crippen molar-refractivity contribution in [3.8, 4) is 22.3 Å². The summed E-state index contributed by atoms with van der Waals surface area (Å²) in [6, 6.07) is 114. The Morgan fingerprint density at radius 1 is 0.281 bits per heavy atom. The fourth-order valence-electron chi connectivity index (χ4n) is 12.3. The second kappa shape index (κ2) is 25.6. The molecule has 0 atom stereocenters. The molecule has 0 spiro atoms. The molecule has 14 rings (SSSR count). The van der Waals surface area contributed by atoms with Gasteiger partial charge in [-0.05, 0) is 208 Å². The lowest BCUT2D eigenvalue weighted by atomic mass is 9.86. The smallest absolute Gasteiger partial charge is 0.0462 e. The molecular weight excluding hydrogens is 1070 g/mol. The molecular formula is C87H64N2. The predicted molar refractivity (Wildman–Crippen MR) is 386 cm³/mol. The summed E-state index contributed by atoms with van der Waals surface area (Å²) < 4.78 is 0. The normalized spacial score (nSPS) is 12.0. The summed E-state index contributed by atoms with van der Waals surface area (Å²) >= 11 is 0. The van der Waals surface area contributed by atoms with Crippen LogP contribution in [0.4, 0.5) is 34.1 Å². The monoisotopic (exact) mass is 1140 g/mol. The van der Waals surface area contributed by atoms with Gasteiger partial charge in [-0.1, -0.05) is 273 Å². The van der Waals surface area contributed by atoms with Crippen molar-refractivity contribution in [1.29, 1.82) is 0 Å². The molecule has 14 aromatic carbocycles. The fraction of sp³-hybridized carbons (Fsp3) is 0.0115. The van der Waals surface area contributed by atoms with E-state index in [0.29, 0.717) is 0 Å². The van der Waals surface area contributed by atoms with Crippen molar-refractivity contribution in [2.24, 2.45) is 0 Å². The SMILES string of the molecule is C\C=C/C(=C\C=C\c1c(-c2ccc(-c3ccc4ccccc4c3)cc2)c2ccc(/C=C/c3ccc(N(c4ccccc4)c4ccccc4)cc3)cc2c2cc(/C=C/c3ccc(N(c4ccccc4)c4ccccc4)cc3)ccc12)c1ccc2ccccc2c1. The van der Waals surface area contributed by atoms with Crippen LogP contribution in [0.2, 0.25) is 0 Å². The van der Waals surface area contributed by atoms with E-state index in [1.807, 2.05) is 0 Å². The molecule has 0 saturated heterocycles. The minimum Gasteiger partial charge on any atom is -0.311 e. The van der Waals surface area contributed by atoms with Gasteiger partial charge in [-0.15, -0.1) is 0 Å². The molecule has 0 N–H and O–H groups in total. The average molecular weight is 1140 g/mol. The Hall–Kier alpha value is -11.6. The molecule has 0 saturated carbocycles. The van der Waals surface area contributed by atoms with Crippen LogP contribution in [-0.2, 0) is 0 Å². The van der Waals surface area contributed by atoms with E-state index in [0.717, 1.165) is 73.1 Å². The summed E-state index contributed by atoms with van der Waals surface area (Å²) in [5.74, 6) is 0. The molecule has 0 bridgehead atoms. The van der Waals surface area contributed by atoms with Crippen molar-refractivity contribution in [3.63, 3.8) is 0 Å². The zero-order chi connectivity index (χ0) is 59.7. The first-order valence-corrected chi connectivity index (χ1v) is 30.6. The summed E-state index contributed by atoms with van der Waals surface area (Å²) in [5, 5.41) is 9.66. The van der Waals surface area contributed by atoms with Crippen LogP contribution in [0.1, 0.15) is 40.3 Å². The molecule has 0 fully saturated rings. The van der Waals surface area contributed by atoms with Crippen LogP contribution in [0, 0.1) is 0 Å². The Bertz CT molecular complexity index is 4880. The lowest BCUT2D eigenvalue weighted by Gasteiger charge is -2.25. The van der Waals surface area contributed by atoms with Crippen LogP contribution in [0.15, 0.2) is 340 Å². The second-order valence-corrected chi connectivity index (χ2v) is 22.4. The van der Waals surface area contributed by atoms with Gasteiger partial charge in [0.15, 0.2) is 0 Å². The Kier molecular flexibility index (Phi) is 15.9. The van der Waals surface area contributed by atoms with Gasteiger partial charge in [-0.25, -0.2) is 0 Å². The van der Waals surface area contributed by atoms with Gasteiger partial charge in [0.2, 0.25) is 0 Å². The highest BCUT2D eigenvalue weighted by Crippen LogP contribution is 2.43. The molecule has 0 amide bonds. The molecule has 0 unspecified atom stereocenters. The summed E-state index contributed by atoms with van der Waals surface area (Å²) in [6.45, 7) is 2.09. The van der Waals surface area contributed by atoms with Crippen molar-refractivity contribution in [2.45, 2.75) is 6.92 Å². The van der Waals surface area contributed by atoms with Crippen LogP contribution in [0.5, 0.6) is 0 Å². The largest absolute Gasteiger partial charge is 0.311 e. The molecule has 14 aromatic rings. The van der Waals surface area contributed by atoms with Gasteiger partial charge in [0.05, 0.1) is 0 Å². The zero-order valence-corrected chi connectivity index (χ0v) is 49.6. The summed E-state index contributed by atoms with van der Waals surface area (Å²) in [5.41, 5.74) is 19.3. The van der Waals surface area contributed by atoms with Crippen LogP contribution in [-0.4, -0.2) is 0 Å². The third-order valence-electron chi connectivity index (χ3n) is 16.7. The van der Waals surface area contributed by atoms with Gasteiger partial charge in [0.1, 0.15) is 0 Å². The summed E-state index contributed by atoms with van der Waals surface area (Å²) in [7, 11) is 0. The van der Waals surface area contributed by atoms with Gasteiger partial charge >= 0.3 is 0 Å². The Morgan fingerprint density at radius 3 is 1.18 bits per heavy atom. The van der Waals surface area contributed by atoms with E-state index in [4.69, 9.17) is 0 Å². The quantitative estimate of drug-likeness (QED) is 0.0540. The first-order valence-electron chi connectivity index (χ1n) is 30.6. The van der Waals surface area contributed by atoms with E-state index in [2.05, 4.69) is 387 Å².